The van der Waals surface area contributed by atoms with Gasteiger partial charge in [-0.05, 0) is 43.9 Å². The van der Waals surface area contributed by atoms with E-state index in [1.165, 1.54) is 12.8 Å². The summed E-state index contributed by atoms with van der Waals surface area (Å²) in [4.78, 5) is 0. The van der Waals surface area contributed by atoms with Gasteiger partial charge < -0.3 is 9.84 Å². The SMILES string of the molecule is CCCC(OCC)C(O)C1CCC(C)C(C)C1. The normalized spacial score (nSPS) is 33.4. The van der Waals surface area contributed by atoms with E-state index in [0.29, 0.717) is 12.5 Å². The van der Waals surface area contributed by atoms with Crippen LogP contribution in [-0.2, 0) is 4.74 Å². The number of ether oxygens (including phenoxy) is 1. The summed E-state index contributed by atoms with van der Waals surface area (Å²) in [5.41, 5.74) is 0. The van der Waals surface area contributed by atoms with Crippen molar-refractivity contribution in [3.05, 3.63) is 0 Å². The van der Waals surface area contributed by atoms with Crippen molar-refractivity contribution in [3.8, 4) is 0 Å². The van der Waals surface area contributed by atoms with Crippen molar-refractivity contribution in [3.63, 3.8) is 0 Å². The molecule has 5 atom stereocenters. The zero-order chi connectivity index (χ0) is 12.8. The molecule has 0 aliphatic heterocycles. The van der Waals surface area contributed by atoms with Crippen molar-refractivity contribution < 1.29 is 9.84 Å². The molecular formula is C15H30O2. The Labute approximate surface area is 107 Å². The zero-order valence-electron chi connectivity index (χ0n) is 12.0. The summed E-state index contributed by atoms with van der Waals surface area (Å²) in [6.07, 6.45) is 5.44. The summed E-state index contributed by atoms with van der Waals surface area (Å²) in [6, 6.07) is 0. The van der Waals surface area contributed by atoms with Gasteiger partial charge >= 0.3 is 0 Å². The number of aliphatic hydroxyl groups is 1. The average Bonchev–Trinajstić information content (AvgIpc) is 2.31. The van der Waals surface area contributed by atoms with Crippen molar-refractivity contribution in [2.75, 3.05) is 6.61 Å². The molecule has 1 saturated carbocycles. The molecule has 17 heavy (non-hydrogen) atoms. The van der Waals surface area contributed by atoms with Crippen LogP contribution >= 0.6 is 0 Å². The molecule has 1 fully saturated rings. The van der Waals surface area contributed by atoms with Crippen LogP contribution in [0.5, 0.6) is 0 Å². The molecule has 0 saturated heterocycles. The van der Waals surface area contributed by atoms with Gasteiger partial charge in [-0.1, -0.05) is 33.6 Å². The Kier molecular flexibility index (Phi) is 6.50. The molecule has 5 unspecified atom stereocenters. The molecule has 1 aliphatic rings. The largest absolute Gasteiger partial charge is 0.390 e. The third-order valence-electron chi connectivity index (χ3n) is 4.46. The molecule has 0 spiro atoms. The lowest BCUT2D eigenvalue weighted by molar-refractivity contribution is -0.0748. The van der Waals surface area contributed by atoms with E-state index in [0.717, 1.165) is 31.1 Å². The van der Waals surface area contributed by atoms with Crippen LogP contribution in [0, 0.1) is 17.8 Å². The molecule has 0 radical (unpaired) electrons. The van der Waals surface area contributed by atoms with Crippen molar-refractivity contribution in [2.24, 2.45) is 17.8 Å². The van der Waals surface area contributed by atoms with E-state index in [1.54, 1.807) is 0 Å². The van der Waals surface area contributed by atoms with Gasteiger partial charge in [0, 0.05) is 6.61 Å². The van der Waals surface area contributed by atoms with Crippen LogP contribution in [0.2, 0.25) is 0 Å². The minimum absolute atomic E-state index is 0.0515. The summed E-state index contributed by atoms with van der Waals surface area (Å²) < 4.78 is 5.71. The monoisotopic (exact) mass is 242 g/mol. The first kappa shape index (κ1) is 15.0. The van der Waals surface area contributed by atoms with Gasteiger partial charge in [0.15, 0.2) is 0 Å². The van der Waals surface area contributed by atoms with E-state index in [9.17, 15) is 5.11 Å². The molecule has 0 bridgehead atoms. The molecule has 0 aromatic rings. The smallest absolute Gasteiger partial charge is 0.0836 e. The highest BCUT2D eigenvalue weighted by Gasteiger charge is 2.33. The Hall–Kier alpha value is -0.0800. The van der Waals surface area contributed by atoms with Gasteiger partial charge in [-0.15, -0.1) is 0 Å². The lowest BCUT2D eigenvalue weighted by Crippen LogP contribution is -2.39. The minimum atomic E-state index is -0.259. The van der Waals surface area contributed by atoms with Crippen LogP contribution in [0.3, 0.4) is 0 Å². The van der Waals surface area contributed by atoms with Crippen LogP contribution in [0.15, 0.2) is 0 Å². The fraction of sp³-hybridized carbons (Fsp3) is 1.00. The van der Waals surface area contributed by atoms with Crippen LogP contribution in [0.25, 0.3) is 0 Å². The number of hydrogen-bond donors (Lipinski definition) is 1. The van der Waals surface area contributed by atoms with E-state index in [-0.39, 0.29) is 12.2 Å². The Morgan fingerprint density at radius 2 is 1.88 bits per heavy atom. The predicted octanol–water partition coefficient (Wildman–Crippen LogP) is 3.62. The summed E-state index contributed by atoms with van der Waals surface area (Å²) in [5.74, 6) is 2.01. The maximum Gasteiger partial charge on any atom is 0.0836 e. The molecule has 1 aliphatic carbocycles. The van der Waals surface area contributed by atoms with Crippen molar-refractivity contribution in [2.45, 2.75) is 72.0 Å². The van der Waals surface area contributed by atoms with E-state index in [1.807, 2.05) is 6.92 Å². The lowest BCUT2D eigenvalue weighted by Gasteiger charge is -2.37. The summed E-state index contributed by atoms with van der Waals surface area (Å²) >= 11 is 0. The highest BCUT2D eigenvalue weighted by molar-refractivity contribution is 4.83. The van der Waals surface area contributed by atoms with E-state index in [4.69, 9.17) is 4.74 Å². The first-order valence-corrected chi connectivity index (χ1v) is 7.39. The highest BCUT2D eigenvalue weighted by Crippen LogP contribution is 2.36. The molecule has 1 N–H and O–H groups in total. The van der Waals surface area contributed by atoms with Crippen molar-refractivity contribution >= 4 is 0 Å². The molecule has 2 nitrogen and oxygen atoms in total. The molecular weight excluding hydrogens is 212 g/mol. The van der Waals surface area contributed by atoms with Crippen molar-refractivity contribution in [1.29, 1.82) is 0 Å². The summed E-state index contributed by atoms with van der Waals surface area (Å²) in [5, 5.41) is 10.5. The topological polar surface area (TPSA) is 29.5 Å². The van der Waals surface area contributed by atoms with Gasteiger partial charge in [-0.2, -0.15) is 0 Å². The quantitative estimate of drug-likeness (QED) is 0.771. The zero-order valence-corrected chi connectivity index (χ0v) is 12.0. The first-order valence-electron chi connectivity index (χ1n) is 7.39. The lowest BCUT2D eigenvalue weighted by atomic mass is 9.73. The molecule has 1 rings (SSSR count). The molecule has 2 heteroatoms. The summed E-state index contributed by atoms with van der Waals surface area (Å²) in [7, 11) is 0. The Bertz CT molecular complexity index is 199. The second-order valence-corrected chi connectivity index (χ2v) is 5.80. The average molecular weight is 242 g/mol. The van der Waals surface area contributed by atoms with Gasteiger partial charge in [-0.3, -0.25) is 0 Å². The Morgan fingerprint density at radius 1 is 1.18 bits per heavy atom. The number of hydrogen-bond acceptors (Lipinski definition) is 2. The van der Waals surface area contributed by atoms with E-state index in [2.05, 4.69) is 20.8 Å². The van der Waals surface area contributed by atoms with Crippen LogP contribution in [-0.4, -0.2) is 23.9 Å². The Balaban J connectivity index is 2.51. The third-order valence-corrected chi connectivity index (χ3v) is 4.46. The molecule has 0 amide bonds. The van der Waals surface area contributed by atoms with Gasteiger partial charge in [0.05, 0.1) is 12.2 Å². The molecule has 0 aromatic carbocycles. The number of rotatable bonds is 6. The fourth-order valence-corrected chi connectivity index (χ4v) is 3.05. The number of aliphatic hydroxyl groups excluding tert-OH is 1. The van der Waals surface area contributed by atoms with Gasteiger partial charge in [-0.25, -0.2) is 0 Å². The maximum atomic E-state index is 10.5. The van der Waals surface area contributed by atoms with Crippen LogP contribution < -0.4 is 0 Å². The van der Waals surface area contributed by atoms with Gasteiger partial charge in [0.1, 0.15) is 0 Å². The van der Waals surface area contributed by atoms with Crippen LogP contribution in [0.4, 0.5) is 0 Å². The molecule has 102 valence electrons. The van der Waals surface area contributed by atoms with Gasteiger partial charge in [0.25, 0.3) is 0 Å². The third kappa shape index (κ3) is 4.26. The fourth-order valence-electron chi connectivity index (χ4n) is 3.05. The molecule has 0 heterocycles. The maximum absolute atomic E-state index is 10.5. The van der Waals surface area contributed by atoms with Crippen LogP contribution in [0.1, 0.15) is 59.8 Å². The second-order valence-electron chi connectivity index (χ2n) is 5.80. The minimum Gasteiger partial charge on any atom is -0.390 e. The second kappa shape index (κ2) is 7.38. The van der Waals surface area contributed by atoms with Gasteiger partial charge in [0.2, 0.25) is 0 Å². The Morgan fingerprint density at radius 3 is 2.41 bits per heavy atom. The molecule has 0 aromatic heterocycles. The van der Waals surface area contributed by atoms with E-state index >= 15 is 0 Å². The highest BCUT2D eigenvalue weighted by atomic mass is 16.5. The first-order chi connectivity index (χ1) is 8.10. The van der Waals surface area contributed by atoms with Crippen molar-refractivity contribution in [1.82, 2.24) is 0 Å². The standard InChI is InChI=1S/C15H30O2/c1-5-7-14(17-6-2)15(16)13-9-8-11(3)12(4)10-13/h11-16H,5-10H2,1-4H3. The summed E-state index contributed by atoms with van der Waals surface area (Å²) in [6.45, 7) is 9.53. The van der Waals surface area contributed by atoms with E-state index < -0.39 is 0 Å². The predicted molar refractivity (Wildman–Crippen MR) is 72.0 cm³/mol.